The maximum absolute atomic E-state index is 13.7. The van der Waals surface area contributed by atoms with Gasteiger partial charge < -0.3 is 15.2 Å². The Bertz CT molecular complexity index is 786. The molecule has 0 unspecified atom stereocenters. The van der Waals surface area contributed by atoms with Crippen LogP contribution >= 0.6 is 0 Å². The molecular weight excluding hydrogens is 335 g/mol. The third-order valence-electron chi connectivity index (χ3n) is 5.03. The van der Waals surface area contributed by atoms with E-state index in [-0.39, 0.29) is 24.2 Å². The van der Waals surface area contributed by atoms with Crippen molar-refractivity contribution in [2.45, 2.75) is 31.8 Å². The largest absolute Gasteiger partial charge is 0.322 e. The topological polar surface area (TPSA) is 75.1 Å². The first-order chi connectivity index (χ1) is 12.7. The van der Waals surface area contributed by atoms with Crippen molar-refractivity contribution in [3.05, 3.63) is 41.7 Å². The molecule has 1 saturated heterocycles. The Morgan fingerprint density at radius 3 is 2.96 bits per heavy atom. The average molecular weight is 358 g/mol. The van der Waals surface area contributed by atoms with Crippen LogP contribution in [0.25, 0.3) is 0 Å². The third kappa shape index (κ3) is 3.61. The fourth-order valence-electron chi connectivity index (χ4n) is 3.67. The molecule has 8 heteroatoms. The highest BCUT2D eigenvalue weighted by Gasteiger charge is 2.26. The molecule has 1 atom stereocenters. The Morgan fingerprint density at radius 2 is 2.15 bits per heavy atom. The molecule has 0 saturated carbocycles. The Hall–Kier alpha value is -2.32. The molecule has 1 aromatic carbocycles. The van der Waals surface area contributed by atoms with Crippen molar-refractivity contribution in [3.8, 4) is 0 Å². The summed E-state index contributed by atoms with van der Waals surface area (Å²) >= 11 is 0. The van der Waals surface area contributed by atoms with Gasteiger partial charge in [0.2, 0.25) is 5.91 Å². The summed E-state index contributed by atoms with van der Waals surface area (Å²) < 4.78 is 15.9. The van der Waals surface area contributed by atoms with Crippen molar-refractivity contribution in [2.75, 3.05) is 31.5 Å². The van der Waals surface area contributed by atoms with Crippen LogP contribution in [0.5, 0.6) is 0 Å². The lowest BCUT2D eigenvalue weighted by atomic mass is 10.2. The number of nitrogens with one attached hydrogen (secondary N) is 2. The number of para-hydroxylation sites is 1. The summed E-state index contributed by atoms with van der Waals surface area (Å²) in [4.78, 5) is 14.3. The van der Waals surface area contributed by atoms with Gasteiger partial charge in [0.05, 0.1) is 18.3 Å². The highest BCUT2D eigenvalue weighted by Crippen LogP contribution is 2.23. The van der Waals surface area contributed by atoms with Crippen molar-refractivity contribution < 1.29 is 9.18 Å². The number of benzene rings is 1. The van der Waals surface area contributed by atoms with E-state index in [1.165, 1.54) is 6.07 Å². The van der Waals surface area contributed by atoms with Crippen molar-refractivity contribution in [3.63, 3.8) is 0 Å². The zero-order chi connectivity index (χ0) is 17.9. The number of nitrogens with zero attached hydrogens (tertiary/aromatic N) is 4. The number of fused-ring (bicyclic) bond motifs is 1. The molecule has 0 bridgehead atoms. The van der Waals surface area contributed by atoms with Crippen LogP contribution in [0.2, 0.25) is 0 Å². The number of carbonyl (C=O) groups is 1. The van der Waals surface area contributed by atoms with Crippen LogP contribution < -0.4 is 10.6 Å². The second-order valence-electron chi connectivity index (χ2n) is 6.83. The minimum absolute atomic E-state index is 0.203. The molecule has 0 radical (unpaired) electrons. The molecule has 2 N–H and O–H groups in total. The van der Waals surface area contributed by atoms with Crippen LogP contribution in [-0.4, -0.2) is 51.8 Å². The molecule has 2 aliphatic heterocycles. The van der Waals surface area contributed by atoms with Gasteiger partial charge in [0.15, 0.2) is 0 Å². The molecule has 0 spiro atoms. The number of hydrogen-bond donors (Lipinski definition) is 2. The fourth-order valence-corrected chi connectivity index (χ4v) is 3.67. The van der Waals surface area contributed by atoms with E-state index in [4.69, 9.17) is 0 Å². The predicted molar refractivity (Wildman–Crippen MR) is 95.2 cm³/mol. The highest BCUT2D eigenvalue weighted by atomic mass is 19.1. The minimum Gasteiger partial charge on any atom is -0.322 e. The lowest BCUT2D eigenvalue weighted by molar-refractivity contribution is -0.117. The van der Waals surface area contributed by atoms with E-state index in [2.05, 4.69) is 30.3 Å². The second-order valence-corrected chi connectivity index (χ2v) is 6.83. The van der Waals surface area contributed by atoms with Crippen LogP contribution in [0.4, 0.5) is 10.1 Å². The van der Waals surface area contributed by atoms with Crippen LogP contribution in [0.1, 0.15) is 30.5 Å². The Kier molecular flexibility index (Phi) is 4.94. The lowest BCUT2D eigenvalue weighted by Crippen LogP contribution is -2.35. The molecule has 7 nitrogen and oxygen atoms in total. The van der Waals surface area contributed by atoms with E-state index in [1.54, 1.807) is 18.2 Å². The van der Waals surface area contributed by atoms with Crippen LogP contribution in [0, 0.1) is 5.82 Å². The molecule has 2 aromatic rings. The van der Waals surface area contributed by atoms with Crippen molar-refractivity contribution in [1.82, 2.24) is 25.0 Å². The van der Waals surface area contributed by atoms with E-state index in [1.807, 2.05) is 0 Å². The monoisotopic (exact) mass is 358 g/mol. The number of amides is 1. The summed E-state index contributed by atoms with van der Waals surface area (Å²) in [6, 6.07) is 6.50. The molecule has 1 aromatic heterocycles. The van der Waals surface area contributed by atoms with E-state index < -0.39 is 5.82 Å². The Labute approximate surface area is 151 Å². The highest BCUT2D eigenvalue weighted by molar-refractivity contribution is 5.92. The number of rotatable bonds is 4. The number of aromatic nitrogens is 3. The Morgan fingerprint density at radius 1 is 1.27 bits per heavy atom. The van der Waals surface area contributed by atoms with Gasteiger partial charge in [0, 0.05) is 26.1 Å². The van der Waals surface area contributed by atoms with Gasteiger partial charge in [-0.05, 0) is 31.5 Å². The quantitative estimate of drug-likeness (QED) is 0.863. The maximum Gasteiger partial charge on any atom is 0.238 e. The second kappa shape index (κ2) is 7.51. The average Bonchev–Trinajstić information content (AvgIpc) is 3.25. The third-order valence-corrected chi connectivity index (χ3v) is 5.03. The number of halogens is 1. The summed E-state index contributed by atoms with van der Waals surface area (Å²) in [5.41, 5.74) is 0.221. The smallest absolute Gasteiger partial charge is 0.238 e. The SMILES string of the molecule is O=C(CN1CCc2nnc([C@@H]3CCCN3)n2CC1)Nc1ccccc1F. The van der Waals surface area contributed by atoms with E-state index in [0.717, 1.165) is 57.1 Å². The van der Waals surface area contributed by atoms with Crippen LogP contribution in [0.3, 0.4) is 0 Å². The molecule has 1 amide bonds. The van der Waals surface area contributed by atoms with Gasteiger partial charge in [-0.1, -0.05) is 12.1 Å². The van der Waals surface area contributed by atoms with E-state index in [0.29, 0.717) is 0 Å². The maximum atomic E-state index is 13.7. The molecule has 3 heterocycles. The molecule has 0 aliphatic carbocycles. The van der Waals surface area contributed by atoms with Gasteiger partial charge >= 0.3 is 0 Å². The van der Waals surface area contributed by atoms with Crippen molar-refractivity contribution in [2.24, 2.45) is 0 Å². The summed E-state index contributed by atoms with van der Waals surface area (Å²) in [5, 5.41) is 14.9. The lowest BCUT2D eigenvalue weighted by Gasteiger charge is -2.19. The van der Waals surface area contributed by atoms with E-state index in [9.17, 15) is 9.18 Å². The molecule has 2 aliphatic rings. The Balaban J connectivity index is 1.37. The number of hydrogen-bond acceptors (Lipinski definition) is 5. The van der Waals surface area contributed by atoms with E-state index >= 15 is 0 Å². The summed E-state index contributed by atoms with van der Waals surface area (Å²) in [6.45, 7) is 3.51. The summed E-state index contributed by atoms with van der Waals surface area (Å²) in [7, 11) is 0. The summed E-state index contributed by atoms with van der Waals surface area (Å²) in [5.74, 6) is 1.36. The molecule has 26 heavy (non-hydrogen) atoms. The first-order valence-electron chi connectivity index (χ1n) is 9.13. The summed E-state index contributed by atoms with van der Waals surface area (Å²) in [6.07, 6.45) is 3.01. The normalized spacial score (nSPS) is 20.6. The van der Waals surface area contributed by atoms with Crippen LogP contribution in [-0.2, 0) is 17.8 Å². The number of anilines is 1. The van der Waals surface area contributed by atoms with Gasteiger partial charge in [0.1, 0.15) is 17.5 Å². The predicted octanol–water partition coefficient (Wildman–Crippen LogP) is 1.34. The van der Waals surface area contributed by atoms with Gasteiger partial charge in [-0.2, -0.15) is 0 Å². The molecular formula is C18H23FN6O. The van der Waals surface area contributed by atoms with Crippen LogP contribution in [0.15, 0.2) is 24.3 Å². The molecule has 138 valence electrons. The van der Waals surface area contributed by atoms with Gasteiger partial charge in [0.25, 0.3) is 0 Å². The van der Waals surface area contributed by atoms with Crippen molar-refractivity contribution in [1.29, 1.82) is 0 Å². The molecule has 1 fully saturated rings. The molecule has 4 rings (SSSR count). The first-order valence-corrected chi connectivity index (χ1v) is 9.13. The van der Waals surface area contributed by atoms with Crippen molar-refractivity contribution >= 4 is 11.6 Å². The zero-order valence-corrected chi connectivity index (χ0v) is 14.6. The number of carbonyl (C=O) groups excluding carboxylic acids is 1. The fraction of sp³-hybridized carbons (Fsp3) is 0.500. The first kappa shape index (κ1) is 17.1. The zero-order valence-electron chi connectivity index (χ0n) is 14.6. The standard InChI is InChI=1S/C18H23FN6O/c19-13-4-1-2-5-14(13)21-17(26)12-24-9-7-16-22-23-18(25(16)11-10-24)15-6-3-8-20-15/h1-2,4-5,15,20H,3,6-12H2,(H,21,26)/t15-/m0/s1. The van der Waals surface area contributed by atoms with Gasteiger partial charge in [-0.25, -0.2) is 4.39 Å². The minimum atomic E-state index is -0.420. The van der Waals surface area contributed by atoms with Gasteiger partial charge in [-0.3, -0.25) is 9.69 Å². The van der Waals surface area contributed by atoms with Gasteiger partial charge in [-0.15, -0.1) is 10.2 Å².